The van der Waals surface area contributed by atoms with E-state index in [1.807, 2.05) is 13.8 Å². The van der Waals surface area contributed by atoms with E-state index in [9.17, 15) is 14.0 Å². The van der Waals surface area contributed by atoms with Gasteiger partial charge >= 0.3 is 0 Å². The Hall–Kier alpha value is -2.56. The summed E-state index contributed by atoms with van der Waals surface area (Å²) < 4.78 is 26.2. The van der Waals surface area contributed by atoms with Crippen molar-refractivity contribution in [3.05, 3.63) is 42.1 Å². The summed E-state index contributed by atoms with van der Waals surface area (Å²) in [7, 11) is 0. The minimum Gasteiger partial charge on any atom is -0.348 e. The Kier molecular flexibility index (Phi) is 7.20. The number of halogens is 2. The second-order valence-corrected chi connectivity index (χ2v) is 8.93. The van der Waals surface area contributed by atoms with Crippen LogP contribution in [0.3, 0.4) is 0 Å². The number of nitrogens with zero attached hydrogens (tertiary/aromatic N) is 4. The zero-order valence-corrected chi connectivity index (χ0v) is 20.1. The maximum atomic E-state index is 13.7. The minimum absolute atomic E-state index is 0.198. The van der Waals surface area contributed by atoms with Gasteiger partial charge in [0.1, 0.15) is 11.4 Å². The largest absolute Gasteiger partial charge is 0.348 e. The van der Waals surface area contributed by atoms with Crippen molar-refractivity contribution in [2.45, 2.75) is 56.9 Å². The van der Waals surface area contributed by atoms with Gasteiger partial charge in [-0.25, -0.2) is 14.1 Å². The summed E-state index contributed by atoms with van der Waals surface area (Å²) >= 11 is 5.89. The Morgan fingerprint density at radius 3 is 2.47 bits per heavy atom. The fraction of sp³-hybridized carbons (Fsp3) is 0.565. The molecule has 2 aromatic heterocycles. The molecular weight excluding hydrogens is 465 g/mol. The number of alkyl halides is 1. The molecule has 0 radical (unpaired) electrons. The van der Waals surface area contributed by atoms with Crippen molar-refractivity contribution < 1.29 is 23.5 Å². The fourth-order valence-electron chi connectivity index (χ4n) is 4.87. The van der Waals surface area contributed by atoms with Crippen molar-refractivity contribution in [2.75, 3.05) is 25.6 Å². The molecule has 1 saturated carbocycles. The number of aromatic nitrogens is 3. The Bertz CT molecular complexity index is 1010. The van der Waals surface area contributed by atoms with Crippen LogP contribution in [0.25, 0.3) is 5.82 Å². The molecule has 2 fully saturated rings. The molecule has 1 atom stereocenters. The van der Waals surface area contributed by atoms with E-state index in [4.69, 9.17) is 21.1 Å². The molecule has 9 nitrogen and oxygen atoms in total. The first-order chi connectivity index (χ1) is 16.3. The molecule has 2 aromatic rings. The molecule has 1 aliphatic carbocycles. The van der Waals surface area contributed by atoms with Gasteiger partial charge in [-0.2, -0.15) is 5.10 Å². The lowest BCUT2D eigenvalue weighted by Gasteiger charge is -2.48. The Labute approximate surface area is 202 Å². The number of hydrogen-bond donors (Lipinski definition) is 1. The maximum Gasteiger partial charge on any atom is 0.246 e. The number of hydrogen-bond acceptors (Lipinski definition) is 6. The van der Waals surface area contributed by atoms with Crippen molar-refractivity contribution in [1.82, 2.24) is 25.0 Å². The van der Waals surface area contributed by atoms with Crippen molar-refractivity contribution >= 4 is 23.4 Å². The molecule has 1 spiro atoms. The lowest BCUT2D eigenvalue weighted by molar-refractivity contribution is -0.197. The standard InChI is InChI=1S/C23H29ClFN5O4/c1-3-29(20(31)12-24)22(6-8-23(9-7-22)33-10-11-34-23)21(32)28-16(2)17-4-5-19(26-13-17)30-15-18(25)14-27-30/h4-5,13-16H,3,6-12H2,1-2H3,(H,28,32). The van der Waals surface area contributed by atoms with E-state index in [0.717, 1.165) is 11.8 Å². The lowest BCUT2D eigenvalue weighted by Crippen LogP contribution is -2.64. The van der Waals surface area contributed by atoms with E-state index in [1.54, 1.807) is 23.2 Å². The summed E-state index contributed by atoms with van der Waals surface area (Å²) in [6.07, 6.45) is 5.79. The van der Waals surface area contributed by atoms with Crippen LogP contribution in [0.4, 0.5) is 4.39 Å². The first-order valence-electron chi connectivity index (χ1n) is 11.4. The smallest absolute Gasteiger partial charge is 0.246 e. The molecule has 1 saturated heterocycles. The molecule has 4 rings (SSSR count). The number of ether oxygens (including phenoxy) is 2. The summed E-state index contributed by atoms with van der Waals surface area (Å²) in [5, 5.41) is 6.97. The first kappa shape index (κ1) is 24.6. The van der Waals surface area contributed by atoms with Crippen LogP contribution in [0.1, 0.15) is 51.1 Å². The Morgan fingerprint density at radius 1 is 1.24 bits per heavy atom. The predicted octanol–water partition coefficient (Wildman–Crippen LogP) is 2.73. The molecule has 184 valence electrons. The molecule has 2 amide bonds. The topological polar surface area (TPSA) is 98.6 Å². The van der Waals surface area contributed by atoms with Crippen LogP contribution in [0, 0.1) is 5.82 Å². The van der Waals surface area contributed by atoms with Crippen LogP contribution in [0.5, 0.6) is 0 Å². The SMILES string of the molecule is CCN(C(=O)CCl)C1(C(=O)NC(C)c2ccc(-n3cc(F)cn3)nc2)CCC2(CC1)OCCO2. The third kappa shape index (κ3) is 4.67. The van der Waals surface area contributed by atoms with Gasteiger partial charge in [0.05, 0.1) is 31.6 Å². The second kappa shape index (κ2) is 9.97. The lowest BCUT2D eigenvalue weighted by atomic mass is 9.76. The summed E-state index contributed by atoms with van der Waals surface area (Å²) in [5.41, 5.74) is -0.281. The summed E-state index contributed by atoms with van der Waals surface area (Å²) in [4.78, 5) is 32.3. The molecule has 2 aliphatic rings. The number of rotatable bonds is 7. The minimum atomic E-state index is -1.05. The Morgan fingerprint density at radius 2 is 1.94 bits per heavy atom. The third-order valence-corrected chi connectivity index (χ3v) is 6.96. The number of likely N-dealkylation sites (N-methyl/N-ethyl adjacent to an activating group) is 1. The van der Waals surface area contributed by atoms with E-state index < -0.39 is 17.1 Å². The van der Waals surface area contributed by atoms with Gasteiger partial charge in [-0.1, -0.05) is 6.07 Å². The van der Waals surface area contributed by atoms with Gasteiger partial charge in [0.25, 0.3) is 0 Å². The molecule has 1 aliphatic heterocycles. The zero-order chi connectivity index (χ0) is 24.3. The van der Waals surface area contributed by atoms with Crippen molar-refractivity contribution in [3.8, 4) is 5.82 Å². The highest BCUT2D eigenvalue weighted by Crippen LogP contribution is 2.43. The highest BCUT2D eigenvalue weighted by molar-refractivity contribution is 6.27. The van der Waals surface area contributed by atoms with E-state index in [0.29, 0.717) is 51.3 Å². The van der Waals surface area contributed by atoms with Gasteiger partial charge < -0.3 is 19.7 Å². The van der Waals surface area contributed by atoms with Crippen LogP contribution in [0.15, 0.2) is 30.7 Å². The van der Waals surface area contributed by atoms with Gasteiger partial charge in [-0.3, -0.25) is 9.59 Å². The van der Waals surface area contributed by atoms with Crippen LogP contribution < -0.4 is 5.32 Å². The van der Waals surface area contributed by atoms with Crippen LogP contribution in [-0.2, 0) is 19.1 Å². The van der Waals surface area contributed by atoms with E-state index in [1.165, 1.54) is 10.9 Å². The van der Waals surface area contributed by atoms with E-state index >= 15 is 0 Å². The molecule has 1 N–H and O–H groups in total. The molecule has 0 bridgehead atoms. The molecule has 11 heteroatoms. The highest BCUT2D eigenvalue weighted by atomic mass is 35.5. The summed E-state index contributed by atoms with van der Waals surface area (Å²) in [6.45, 7) is 5.11. The van der Waals surface area contributed by atoms with Gasteiger partial charge in [0.2, 0.25) is 11.8 Å². The van der Waals surface area contributed by atoms with E-state index in [-0.39, 0.29) is 23.7 Å². The van der Waals surface area contributed by atoms with Crippen LogP contribution >= 0.6 is 11.6 Å². The van der Waals surface area contributed by atoms with Gasteiger partial charge in [-0.15, -0.1) is 11.6 Å². The normalized spacial score (nSPS) is 19.6. The highest BCUT2D eigenvalue weighted by Gasteiger charge is 2.53. The van der Waals surface area contributed by atoms with Gasteiger partial charge in [0.15, 0.2) is 17.4 Å². The third-order valence-electron chi connectivity index (χ3n) is 6.73. The number of nitrogens with one attached hydrogen (secondary N) is 1. The Balaban J connectivity index is 1.52. The van der Waals surface area contributed by atoms with Gasteiger partial charge in [-0.05, 0) is 38.3 Å². The molecule has 34 heavy (non-hydrogen) atoms. The second-order valence-electron chi connectivity index (χ2n) is 8.66. The van der Waals surface area contributed by atoms with Crippen molar-refractivity contribution in [2.24, 2.45) is 0 Å². The van der Waals surface area contributed by atoms with Crippen molar-refractivity contribution in [1.29, 1.82) is 0 Å². The number of amides is 2. The average molecular weight is 494 g/mol. The van der Waals surface area contributed by atoms with Crippen LogP contribution in [0.2, 0.25) is 0 Å². The quantitative estimate of drug-likeness (QED) is 0.595. The number of carbonyl (C=O) groups excluding carboxylic acids is 2. The number of carbonyl (C=O) groups is 2. The molecule has 0 aromatic carbocycles. The molecule has 1 unspecified atom stereocenters. The van der Waals surface area contributed by atoms with Gasteiger partial charge in [0, 0.05) is 25.6 Å². The predicted molar refractivity (Wildman–Crippen MR) is 122 cm³/mol. The first-order valence-corrected chi connectivity index (χ1v) is 12.0. The maximum absolute atomic E-state index is 13.7. The van der Waals surface area contributed by atoms with E-state index in [2.05, 4.69) is 15.4 Å². The molecular formula is C23H29ClFN5O4. The fourth-order valence-corrected chi connectivity index (χ4v) is 5.01. The van der Waals surface area contributed by atoms with Crippen LogP contribution in [-0.4, -0.2) is 68.4 Å². The monoisotopic (exact) mass is 493 g/mol. The summed E-state index contributed by atoms with van der Waals surface area (Å²) in [5.74, 6) is -1.39. The van der Waals surface area contributed by atoms with Crippen molar-refractivity contribution in [3.63, 3.8) is 0 Å². The average Bonchev–Trinajstić information content (AvgIpc) is 3.50. The number of pyridine rings is 1. The summed E-state index contributed by atoms with van der Waals surface area (Å²) in [6, 6.07) is 3.13. The zero-order valence-electron chi connectivity index (χ0n) is 19.3. The molecule has 3 heterocycles.